The van der Waals surface area contributed by atoms with Gasteiger partial charge in [0.05, 0.1) is 6.10 Å². The third-order valence-corrected chi connectivity index (χ3v) is 5.52. The van der Waals surface area contributed by atoms with Gasteiger partial charge in [0.15, 0.2) is 0 Å². The predicted molar refractivity (Wildman–Crippen MR) is 72.0 cm³/mol. The van der Waals surface area contributed by atoms with Crippen LogP contribution in [0.15, 0.2) is 34.6 Å². The number of esters is 1. The molecular weight excluding hydrogens is 240 g/mol. The topological polar surface area (TPSA) is 46.5 Å². The molecule has 3 rings (SSSR count). The molecule has 3 nitrogen and oxygen atoms in total. The molecule has 0 aromatic heterocycles. The van der Waals surface area contributed by atoms with Gasteiger partial charge in [0.25, 0.3) is 0 Å². The first-order valence-corrected chi connectivity index (χ1v) is 6.91. The van der Waals surface area contributed by atoms with Crippen molar-refractivity contribution in [1.29, 1.82) is 0 Å². The van der Waals surface area contributed by atoms with Crippen LogP contribution in [-0.2, 0) is 9.53 Å². The molecule has 0 amide bonds. The van der Waals surface area contributed by atoms with Crippen molar-refractivity contribution >= 4 is 5.97 Å². The van der Waals surface area contributed by atoms with E-state index in [1.807, 2.05) is 13.0 Å². The standard InChI is InChI=1S/C16H20O3/c1-8-14-10(3)16(4)9(2)12(17)6-5-11(16)7-13(14)19-15(8)18/h5,7,9-10,12,17H,6H2,1-4H3. The van der Waals surface area contributed by atoms with Crippen molar-refractivity contribution in [3.8, 4) is 0 Å². The second-order valence-electron chi connectivity index (χ2n) is 6.19. The van der Waals surface area contributed by atoms with E-state index in [-0.39, 0.29) is 29.3 Å². The summed E-state index contributed by atoms with van der Waals surface area (Å²) in [5, 5.41) is 10.2. The number of hydrogen-bond donors (Lipinski definition) is 1. The van der Waals surface area contributed by atoms with Crippen LogP contribution in [0.5, 0.6) is 0 Å². The Kier molecular flexibility index (Phi) is 2.55. The number of aliphatic hydroxyl groups is 1. The van der Waals surface area contributed by atoms with Gasteiger partial charge in [-0.1, -0.05) is 26.8 Å². The molecule has 0 saturated heterocycles. The lowest BCUT2D eigenvalue weighted by Gasteiger charge is -2.49. The lowest BCUT2D eigenvalue weighted by atomic mass is 9.55. The monoisotopic (exact) mass is 260 g/mol. The number of hydrogen-bond acceptors (Lipinski definition) is 3. The Morgan fingerprint density at radius 3 is 2.79 bits per heavy atom. The van der Waals surface area contributed by atoms with Crippen molar-refractivity contribution in [3.63, 3.8) is 0 Å². The average molecular weight is 260 g/mol. The Morgan fingerprint density at radius 2 is 2.11 bits per heavy atom. The highest BCUT2D eigenvalue weighted by molar-refractivity contribution is 5.94. The van der Waals surface area contributed by atoms with Gasteiger partial charge in [-0.3, -0.25) is 0 Å². The average Bonchev–Trinajstić information content (AvgIpc) is 2.65. The Hall–Kier alpha value is -1.35. The number of aliphatic hydroxyl groups excluding tert-OH is 1. The normalized spacial score (nSPS) is 41.3. The second kappa shape index (κ2) is 3.83. The van der Waals surface area contributed by atoms with Crippen LogP contribution in [0.4, 0.5) is 0 Å². The molecule has 0 radical (unpaired) electrons. The van der Waals surface area contributed by atoms with Crippen LogP contribution in [0, 0.1) is 17.3 Å². The summed E-state index contributed by atoms with van der Waals surface area (Å²) in [4.78, 5) is 11.8. The predicted octanol–water partition coefficient (Wildman–Crippen LogP) is 2.73. The SMILES string of the molecule is CC1=C2C(=CC3=CCC(O)C(C)C3(C)C2C)OC1=O. The molecule has 102 valence electrons. The van der Waals surface area contributed by atoms with Crippen molar-refractivity contribution in [1.82, 2.24) is 0 Å². The summed E-state index contributed by atoms with van der Waals surface area (Å²) in [5.41, 5.74) is 2.79. The van der Waals surface area contributed by atoms with Crippen molar-refractivity contribution in [2.75, 3.05) is 0 Å². The van der Waals surface area contributed by atoms with E-state index < -0.39 is 0 Å². The zero-order valence-corrected chi connectivity index (χ0v) is 11.9. The van der Waals surface area contributed by atoms with Gasteiger partial charge in [0, 0.05) is 16.6 Å². The van der Waals surface area contributed by atoms with Gasteiger partial charge >= 0.3 is 5.97 Å². The molecule has 3 heteroatoms. The van der Waals surface area contributed by atoms with Crippen molar-refractivity contribution in [2.24, 2.45) is 17.3 Å². The van der Waals surface area contributed by atoms with Gasteiger partial charge < -0.3 is 9.84 Å². The van der Waals surface area contributed by atoms with E-state index in [4.69, 9.17) is 4.74 Å². The zero-order valence-electron chi connectivity index (χ0n) is 11.9. The smallest absolute Gasteiger partial charge is 0.339 e. The largest absolute Gasteiger partial charge is 0.423 e. The molecule has 4 atom stereocenters. The Morgan fingerprint density at radius 1 is 1.42 bits per heavy atom. The van der Waals surface area contributed by atoms with Crippen LogP contribution in [-0.4, -0.2) is 17.2 Å². The molecule has 0 bridgehead atoms. The highest BCUT2D eigenvalue weighted by Crippen LogP contribution is 2.56. The van der Waals surface area contributed by atoms with E-state index >= 15 is 0 Å². The Bertz CT molecular complexity index is 552. The summed E-state index contributed by atoms with van der Waals surface area (Å²) >= 11 is 0. The zero-order chi connectivity index (χ0) is 13.9. The summed E-state index contributed by atoms with van der Waals surface area (Å²) in [6.45, 7) is 8.25. The second-order valence-corrected chi connectivity index (χ2v) is 6.19. The van der Waals surface area contributed by atoms with Crippen LogP contribution in [0.2, 0.25) is 0 Å². The summed E-state index contributed by atoms with van der Waals surface area (Å²) in [5.74, 6) is 0.818. The third-order valence-electron chi connectivity index (χ3n) is 5.52. The molecule has 0 fully saturated rings. The lowest BCUT2D eigenvalue weighted by molar-refractivity contribution is -0.133. The van der Waals surface area contributed by atoms with Crippen LogP contribution >= 0.6 is 0 Å². The highest BCUT2D eigenvalue weighted by Gasteiger charge is 2.51. The fourth-order valence-electron chi connectivity index (χ4n) is 3.81. The van der Waals surface area contributed by atoms with Crippen molar-refractivity contribution < 1.29 is 14.6 Å². The lowest BCUT2D eigenvalue weighted by Crippen LogP contribution is -2.45. The summed E-state index contributed by atoms with van der Waals surface area (Å²) in [6.07, 6.45) is 4.44. The van der Waals surface area contributed by atoms with Gasteiger partial charge in [-0.2, -0.15) is 0 Å². The van der Waals surface area contributed by atoms with Gasteiger partial charge in [-0.25, -0.2) is 4.79 Å². The highest BCUT2D eigenvalue weighted by atomic mass is 16.5. The van der Waals surface area contributed by atoms with Crippen molar-refractivity contribution in [2.45, 2.75) is 40.2 Å². The first-order chi connectivity index (χ1) is 8.87. The Labute approximate surface area is 113 Å². The molecule has 0 saturated carbocycles. The van der Waals surface area contributed by atoms with Crippen molar-refractivity contribution in [3.05, 3.63) is 34.6 Å². The fourth-order valence-corrected chi connectivity index (χ4v) is 3.81. The molecule has 4 unspecified atom stereocenters. The molecule has 1 N–H and O–H groups in total. The van der Waals surface area contributed by atoms with Crippen LogP contribution in [0.3, 0.4) is 0 Å². The van der Waals surface area contributed by atoms with Crippen LogP contribution in [0.1, 0.15) is 34.1 Å². The molecule has 0 aromatic rings. The Balaban J connectivity index is 2.21. The quantitative estimate of drug-likeness (QED) is 0.681. The maximum absolute atomic E-state index is 11.8. The van der Waals surface area contributed by atoms with Gasteiger partial charge in [-0.05, 0) is 36.8 Å². The molecule has 1 aliphatic heterocycles. The molecule has 2 aliphatic carbocycles. The minimum Gasteiger partial charge on any atom is -0.423 e. The van der Waals surface area contributed by atoms with E-state index in [0.29, 0.717) is 17.8 Å². The third kappa shape index (κ3) is 1.45. The van der Waals surface area contributed by atoms with E-state index in [1.165, 1.54) is 5.57 Å². The number of rotatable bonds is 0. The van der Waals surface area contributed by atoms with E-state index in [0.717, 1.165) is 5.57 Å². The molecule has 0 spiro atoms. The number of allylic oxidation sites excluding steroid dienone is 3. The summed E-state index contributed by atoms with van der Waals surface area (Å²) < 4.78 is 5.35. The molecule has 0 aromatic carbocycles. The summed E-state index contributed by atoms with van der Waals surface area (Å²) in [7, 11) is 0. The van der Waals surface area contributed by atoms with E-state index in [9.17, 15) is 9.90 Å². The molecule has 3 aliphatic rings. The molecule has 1 heterocycles. The minimum atomic E-state index is -0.315. The van der Waals surface area contributed by atoms with Gasteiger partial charge in [0.2, 0.25) is 0 Å². The summed E-state index contributed by atoms with van der Waals surface area (Å²) in [6, 6.07) is 0. The first-order valence-electron chi connectivity index (χ1n) is 6.91. The molecular formula is C16H20O3. The maximum Gasteiger partial charge on any atom is 0.339 e. The number of carbonyl (C=O) groups is 1. The number of fused-ring (bicyclic) bond motifs is 2. The fraction of sp³-hybridized carbons (Fsp3) is 0.562. The molecule has 19 heavy (non-hydrogen) atoms. The van der Waals surface area contributed by atoms with Gasteiger partial charge in [-0.15, -0.1) is 0 Å². The van der Waals surface area contributed by atoms with Crippen LogP contribution < -0.4 is 0 Å². The van der Waals surface area contributed by atoms with Gasteiger partial charge in [0.1, 0.15) is 5.76 Å². The van der Waals surface area contributed by atoms with E-state index in [1.54, 1.807) is 0 Å². The van der Waals surface area contributed by atoms with Crippen LogP contribution in [0.25, 0.3) is 0 Å². The first kappa shape index (κ1) is 12.7. The minimum absolute atomic E-state index is 0.133. The van der Waals surface area contributed by atoms with E-state index in [2.05, 4.69) is 26.8 Å². The number of carbonyl (C=O) groups excluding carboxylic acids is 1. The maximum atomic E-state index is 11.8. The number of ether oxygens (including phenoxy) is 1.